The molecule has 18 nitrogen and oxygen atoms in total. The summed E-state index contributed by atoms with van der Waals surface area (Å²) in [7, 11) is 12.3. The summed E-state index contributed by atoms with van der Waals surface area (Å²) in [5.41, 5.74) is 10.4. The predicted octanol–water partition coefficient (Wildman–Crippen LogP) is 0.169. The highest BCUT2D eigenvalue weighted by Gasteiger charge is 2.23. The first-order valence-corrected chi connectivity index (χ1v) is 18.1. The highest BCUT2D eigenvalue weighted by molar-refractivity contribution is 5.89. The van der Waals surface area contributed by atoms with Gasteiger partial charge in [-0.15, -0.1) is 0 Å². The average Bonchev–Trinajstić information content (AvgIpc) is 3.06. The third-order valence-electron chi connectivity index (χ3n) is 7.21. The Morgan fingerprint density at radius 3 is 1.09 bits per heavy atom. The summed E-state index contributed by atoms with van der Waals surface area (Å²) in [4.78, 5) is 71.6. The Labute approximate surface area is 325 Å². The molecule has 322 valence electrons. The minimum absolute atomic E-state index is 0.0256. The molecule has 0 spiro atoms. The second-order valence-corrected chi connectivity index (χ2v) is 15.0. The lowest BCUT2D eigenvalue weighted by atomic mass is 10.0. The van der Waals surface area contributed by atoms with Gasteiger partial charge in [0.2, 0.25) is 11.8 Å². The zero-order chi connectivity index (χ0) is 43.9. The number of nitrogens with two attached hydrogens (primary N) is 4. The van der Waals surface area contributed by atoms with E-state index in [1.807, 2.05) is 65.7 Å². The van der Waals surface area contributed by atoms with E-state index in [9.17, 15) is 28.8 Å². The van der Waals surface area contributed by atoms with Crippen molar-refractivity contribution in [1.29, 1.82) is 0 Å². The third kappa shape index (κ3) is 37.1. The number of nitrogens with zero attached hydrogens (tertiary/aromatic N) is 3. The van der Waals surface area contributed by atoms with Gasteiger partial charge < -0.3 is 37.1 Å². The van der Waals surface area contributed by atoms with Crippen molar-refractivity contribution in [3.63, 3.8) is 0 Å². The zero-order valence-corrected chi connectivity index (χ0v) is 36.0. The molecule has 54 heavy (non-hydrogen) atoms. The van der Waals surface area contributed by atoms with Gasteiger partial charge in [-0.2, -0.15) is 0 Å². The topological polar surface area (TPSA) is 290 Å². The van der Waals surface area contributed by atoms with Crippen LogP contribution < -0.4 is 33.8 Å². The zero-order valence-electron chi connectivity index (χ0n) is 36.0. The Kier molecular flexibility index (Phi) is 39.4. The first kappa shape index (κ1) is 60.0. The fourth-order valence-corrected chi connectivity index (χ4v) is 4.31. The lowest BCUT2D eigenvalue weighted by Crippen LogP contribution is -2.46. The van der Waals surface area contributed by atoms with Crippen LogP contribution in [0.25, 0.3) is 0 Å². The van der Waals surface area contributed by atoms with Crippen molar-refractivity contribution in [2.45, 2.75) is 105 Å². The van der Waals surface area contributed by atoms with Crippen LogP contribution >= 0.6 is 0 Å². The molecule has 0 saturated carbocycles. The Hall–Kier alpha value is -3.26. The minimum Gasteiger partial charge on any atom is -0.480 e. The molecule has 0 heterocycles. The Bertz CT molecular complexity index is 976. The Balaban J connectivity index is -0.000000199. The fraction of sp³-hybridized carbons (Fsp3) is 0.833. The van der Waals surface area contributed by atoms with Crippen LogP contribution in [0.5, 0.6) is 0 Å². The number of rotatable bonds is 20. The molecule has 0 fully saturated rings. The molecule has 0 aromatic rings. The van der Waals surface area contributed by atoms with Gasteiger partial charge in [-0.3, -0.25) is 55.2 Å². The molecule has 12 N–H and O–H groups in total. The van der Waals surface area contributed by atoms with Crippen molar-refractivity contribution in [3.05, 3.63) is 0 Å². The highest BCUT2D eigenvalue weighted by Crippen LogP contribution is 2.10. The van der Waals surface area contributed by atoms with Crippen molar-refractivity contribution in [3.8, 4) is 0 Å². The van der Waals surface area contributed by atoms with Crippen LogP contribution in [-0.2, 0) is 33.5 Å². The van der Waals surface area contributed by atoms with Crippen molar-refractivity contribution >= 4 is 35.5 Å². The van der Waals surface area contributed by atoms with Crippen molar-refractivity contribution in [2.24, 2.45) is 46.8 Å². The largest absolute Gasteiger partial charge is 0.480 e. The number of likely N-dealkylation sites (N-methyl/N-ethyl adjacent to an activating group) is 3. The van der Waals surface area contributed by atoms with Crippen LogP contribution in [0.3, 0.4) is 0 Å². The van der Waals surface area contributed by atoms with E-state index in [0.29, 0.717) is 36.5 Å². The number of amides is 2. The molecule has 18 heteroatoms. The summed E-state index contributed by atoms with van der Waals surface area (Å²) in [6.07, 6.45) is 2.80. The van der Waals surface area contributed by atoms with E-state index in [1.54, 1.807) is 19.0 Å². The van der Waals surface area contributed by atoms with Crippen LogP contribution in [0, 0.1) is 23.7 Å². The van der Waals surface area contributed by atoms with Crippen LogP contribution in [0.4, 0.5) is 0 Å². The number of ketones is 1. The number of hydrogen-bond donors (Lipinski definition) is 8. The number of carbonyl (C=O) groups is 6. The van der Waals surface area contributed by atoms with Crippen molar-refractivity contribution in [2.75, 3.05) is 69.0 Å². The number of carbonyl (C=O) groups excluding carboxylic acids is 4. The quantitative estimate of drug-likeness (QED) is 0.0464. The molecule has 0 saturated heterocycles. The number of hydrogen-bond acceptors (Lipinski definition) is 14. The van der Waals surface area contributed by atoms with Gasteiger partial charge in [-0.25, -0.2) is 0 Å². The third-order valence-corrected chi connectivity index (χ3v) is 7.21. The van der Waals surface area contributed by atoms with Crippen LogP contribution in [-0.4, -0.2) is 154 Å². The van der Waals surface area contributed by atoms with Crippen LogP contribution in [0.15, 0.2) is 0 Å². The van der Waals surface area contributed by atoms with Crippen LogP contribution in [0.1, 0.15) is 81.1 Å². The summed E-state index contributed by atoms with van der Waals surface area (Å²) in [5.74, 6) is 7.16. The summed E-state index contributed by atoms with van der Waals surface area (Å²) in [6.45, 7) is 16.1. The van der Waals surface area contributed by atoms with E-state index in [2.05, 4.69) is 54.8 Å². The molecular weight excluding hydrogens is 702 g/mol. The van der Waals surface area contributed by atoms with E-state index >= 15 is 0 Å². The van der Waals surface area contributed by atoms with Gasteiger partial charge >= 0.3 is 17.9 Å². The van der Waals surface area contributed by atoms with Gasteiger partial charge in [0.15, 0.2) is 5.78 Å². The van der Waals surface area contributed by atoms with Gasteiger partial charge in [0.05, 0.1) is 32.3 Å². The molecule has 4 unspecified atom stereocenters. The van der Waals surface area contributed by atoms with Crippen LogP contribution in [0.2, 0.25) is 0 Å². The SMILES string of the molecule is CC(C)CC(C(=O)NCC(=O)CN)N(C)C.CC(C)CC(C(=O)O)N(C)C.CC(C)CC(N)C(=O)O.COC(=O)CNC(=O)C(CC(C)C)N(C)C.NN. The molecule has 0 aliphatic carbocycles. The molecule has 0 aliphatic rings. The summed E-state index contributed by atoms with van der Waals surface area (Å²) in [5, 5.41) is 22.2. The molecule has 0 aromatic carbocycles. The maximum atomic E-state index is 11.8. The van der Waals surface area contributed by atoms with Crippen molar-refractivity contribution < 1.29 is 43.7 Å². The summed E-state index contributed by atoms with van der Waals surface area (Å²) < 4.78 is 4.45. The first-order valence-electron chi connectivity index (χ1n) is 18.1. The smallest absolute Gasteiger partial charge is 0.325 e. The molecule has 0 rings (SSSR count). The molecule has 0 radical (unpaired) electrons. The van der Waals surface area contributed by atoms with Gasteiger partial charge in [0.25, 0.3) is 0 Å². The van der Waals surface area contributed by atoms with E-state index in [4.69, 9.17) is 21.7 Å². The number of methoxy groups -OCH3 is 1. The predicted molar refractivity (Wildman–Crippen MR) is 214 cm³/mol. The maximum absolute atomic E-state index is 11.8. The molecule has 0 aliphatic heterocycles. The number of carboxylic acid groups (broad SMARTS) is 2. The second-order valence-electron chi connectivity index (χ2n) is 15.0. The summed E-state index contributed by atoms with van der Waals surface area (Å²) in [6, 6.07) is -1.42. The highest BCUT2D eigenvalue weighted by atomic mass is 16.5. The van der Waals surface area contributed by atoms with Gasteiger partial charge in [-0.05, 0) is 91.6 Å². The minimum atomic E-state index is -0.913. The van der Waals surface area contributed by atoms with Gasteiger partial charge in [-0.1, -0.05) is 55.4 Å². The number of nitrogens with one attached hydrogen (secondary N) is 2. The molecule has 2 amide bonds. The Morgan fingerprint density at radius 1 is 0.574 bits per heavy atom. The number of carboxylic acids is 2. The van der Waals surface area contributed by atoms with Gasteiger partial charge in [0, 0.05) is 0 Å². The number of hydrazine groups is 1. The number of esters is 1. The van der Waals surface area contributed by atoms with E-state index in [-0.39, 0.29) is 55.4 Å². The second kappa shape index (κ2) is 35.4. The van der Waals surface area contributed by atoms with Gasteiger partial charge in [0.1, 0.15) is 18.6 Å². The number of ether oxygens (including phenoxy) is 1. The lowest BCUT2D eigenvalue weighted by molar-refractivity contribution is -0.143. The standard InChI is InChI=1S/C11H23N3O2.C11H22N2O3.C8H17NO2.C6H13NO2.H4N2/c1-8(2)5-10(14(3)4)11(16)13-7-9(15)6-12;1-8(2)6-9(13(3)4)11(15)12-7-10(14)16-5;1-6(2)5-7(8(10)11)9(3)4;1-4(2)3-5(7)6(8)9;1-2/h8,10H,5-7,12H2,1-4H3,(H,13,16);8-9H,6-7H2,1-5H3,(H,12,15);6-7H,5H2,1-4H3,(H,10,11);4-5H,3,7H2,1-2H3,(H,8,9);1-2H2. The maximum Gasteiger partial charge on any atom is 0.325 e. The Morgan fingerprint density at radius 2 is 0.889 bits per heavy atom. The molecule has 4 atom stereocenters. The monoisotopic (exact) mass is 782 g/mol. The summed E-state index contributed by atoms with van der Waals surface area (Å²) >= 11 is 0. The fourth-order valence-electron chi connectivity index (χ4n) is 4.31. The molecule has 0 aromatic heterocycles. The van der Waals surface area contributed by atoms with E-state index in [1.165, 1.54) is 7.11 Å². The first-order chi connectivity index (χ1) is 24.7. The molecular formula is C36H79N9O9. The normalized spacial score (nSPS) is 12.9. The van der Waals surface area contributed by atoms with Crippen molar-refractivity contribution in [1.82, 2.24) is 25.3 Å². The average molecular weight is 782 g/mol. The molecule has 0 bridgehead atoms. The number of aliphatic carboxylic acids is 2. The lowest BCUT2D eigenvalue weighted by Gasteiger charge is -2.24. The van der Waals surface area contributed by atoms with E-state index in [0.717, 1.165) is 12.8 Å². The number of Topliss-reactive ketones (excluding diaryl/α,β-unsaturated/α-hetero) is 1. The van der Waals surface area contributed by atoms with E-state index < -0.39 is 23.9 Å².